The lowest BCUT2D eigenvalue weighted by molar-refractivity contribution is 0.0813. The molecule has 0 rings (SSSR count). The van der Waals surface area contributed by atoms with Crippen molar-refractivity contribution in [2.75, 3.05) is 0 Å². The van der Waals surface area contributed by atoms with Gasteiger partial charge in [-0.1, -0.05) is 356 Å². The Bertz CT molecular complexity index is 682. The zero-order valence-corrected chi connectivity index (χ0v) is 45.0. The zero-order chi connectivity index (χ0) is 45.0. The first kappa shape index (κ1) is 62.0. The van der Waals surface area contributed by atoms with Crippen LogP contribution in [0.25, 0.3) is 0 Å². The van der Waals surface area contributed by atoms with Crippen molar-refractivity contribution < 1.29 is 0 Å². The van der Waals surface area contributed by atoms with E-state index in [2.05, 4.69) is 34.6 Å². The Morgan fingerprint density at radius 1 is 0.177 bits per heavy atom. The van der Waals surface area contributed by atoms with Crippen LogP contribution in [0.2, 0.25) is 0 Å². The highest BCUT2D eigenvalue weighted by Crippen LogP contribution is 2.48. The first-order valence-electron chi connectivity index (χ1n) is 30.7. The molecule has 0 nitrogen and oxygen atoms in total. The standard InChI is InChI=1S/C62H126/c1-6-11-16-21-26-31-36-41-46-51-56-61(57-52-47-42-37-32-27-22-17-12-7-2)62(58-53-48-43-38-33-28-23-18-13-8-3,59-54-49-44-39-34-29-24-19-14-9-4)60-55-50-45-40-35-30-25-20-15-10-5/h61H,6-60H2,1-5H3. The fourth-order valence-electron chi connectivity index (χ4n) is 11.4. The lowest BCUT2D eigenvalue weighted by Crippen LogP contribution is -2.32. The van der Waals surface area contributed by atoms with Crippen molar-refractivity contribution in [3.05, 3.63) is 0 Å². The molecule has 0 aliphatic carbocycles. The fraction of sp³-hybridized carbons (Fsp3) is 1.00. The topological polar surface area (TPSA) is 0 Å². The third-order valence-electron chi connectivity index (χ3n) is 15.8. The third-order valence-corrected chi connectivity index (χ3v) is 15.8. The van der Waals surface area contributed by atoms with Gasteiger partial charge in [0.25, 0.3) is 0 Å². The molecule has 0 heterocycles. The molecule has 0 amide bonds. The van der Waals surface area contributed by atoms with Crippen LogP contribution in [0.15, 0.2) is 0 Å². The molecule has 0 spiro atoms. The Kier molecular flexibility index (Phi) is 53.6. The fourth-order valence-corrected chi connectivity index (χ4v) is 11.4. The van der Waals surface area contributed by atoms with Gasteiger partial charge in [0.2, 0.25) is 0 Å². The largest absolute Gasteiger partial charge is 0.0654 e. The van der Waals surface area contributed by atoms with Gasteiger partial charge in [0.15, 0.2) is 0 Å². The van der Waals surface area contributed by atoms with Crippen LogP contribution in [0.4, 0.5) is 0 Å². The van der Waals surface area contributed by atoms with E-state index in [1.54, 1.807) is 32.1 Å². The first-order valence-corrected chi connectivity index (χ1v) is 30.7. The molecule has 0 saturated heterocycles. The molecule has 0 bridgehead atoms. The molecule has 374 valence electrons. The van der Waals surface area contributed by atoms with Gasteiger partial charge < -0.3 is 0 Å². The van der Waals surface area contributed by atoms with Gasteiger partial charge in [-0.05, 0) is 43.4 Å². The smallest absolute Gasteiger partial charge is 0.0269 e. The van der Waals surface area contributed by atoms with E-state index in [1.165, 1.54) is 321 Å². The van der Waals surface area contributed by atoms with E-state index in [0.717, 1.165) is 5.92 Å². The van der Waals surface area contributed by atoms with Crippen LogP contribution in [-0.4, -0.2) is 0 Å². The highest BCUT2D eigenvalue weighted by molar-refractivity contribution is 4.87. The monoisotopic (exact) mass is 871 g/mol. The summed E-state index contributed by atoms with van der Waals surface area (Å²) in [4.78, 5) is 0. The summed E-state index contributed by atoms with van der Waals surface area (Å²) in [7, 11) is 0. The van der Waals surface area contributed by atoms with Gasteiger partial charge in [-0.25, -0.2) is 0 Å². The Morgan fingerprint density at radius 3 is 0.500 bits per heavy atom. The molecule has 0 saturated carbocycles. The van der Waals surface area contributed by atoms with Crippen molar-refractivity contribution in [3.8, 4) is 0 Å². The van der Waals surface area contributed by atoms with Crippen LogP contribution in [0, 0.1) is 11.3 Å². The van der Waals surface area contributed by atoms with Gasteiger partial charge in [-0.3, -0.25) is 0 Å². The minimum atomic E-state index is 0.624. The van der Waals surface area contributed by atoms with Gasteiger partial charge in [-0.15, -0.1) is 0 Å². The van der Waals surface area contributed by atoms with Crippen LogP contribution in [0.3, 0.4) is 0 Å². The summed E-state index contributed by atoms with van der Waals surface area (Å²) in [5, 5.41) is 0. The number of unbranched alkanes of at least 4 members (excludes halogenated alkanes) is 45. The van der Waals surface area contributed by atoms with Crippen molar-refractivity contribution in [2.24, 2.45) is 11.3 Å². The average molecular weight is 872 g/mol. The Labute approximate surface area is 397 Å². The molecule has 0 unspecified atom stereocenters. The van der Waals surface area contributed by atoms with Crippen LogP contribution in [-0.2, 0) is 0 Å². The van der Waals surface area contributed by atoms with E-state index in [1.807, 2.05) is 0 Å². The molecule has 0 aromatic carbocycles. The second-order valence-corrected chi connectivity index (χ2v) is 21.8. The number of rotatable bonds is 56. The average Bonchev–Trinajstić information content (AvgIpc) is 3.28. The van der Waals surface area contributed by atoms with E-state index < -0.39 is 0 Å². The van der Waals surface area contributed by atoms with Crippen molar-refractivity contribution >= 4 is 0 Å². The van der Waals surface area contributed by atoms with Crippen molar-refractivity contribution in [1.29, 1.82) is 0 Å². The van der Waals surface area contributed by atoms with E-state index in [4.69, 9.17) is 0 Å². The van der Waals surface area contributed by atoms with Gasteiger partial charge in [0, 0.05) is 0 Å². The molecule has 0 fully saturated rings. The second-order valence-electron chi connectivity index (χ2n) is 21.8. The SMILES string of the molecule is CCCCCCCCCCCCC(CCCCCCCCCCCC)C(CCCCCCCCCCCC)(CCCCCCCCCCCC)CCCCCCCCCCCC. The van der Waals surface area contributed by atoms with Crippen LogP contribution in [0.1, 0.15) is 388 Å². The Hall–Kier alpha value is 0. The van der Waals surface area contributed by atoms with E-state index in [9.17, 15) is 0 Å². The van der Waals surface area contributed by atoms with Crippen LogP contribution < -0.4 is 0 Å². The molecular weight excluding hydrogens is 745 g/mol. The molecule has 62 heavy (non-hydrogen) atoms. The lowest BCUT2D eigenvalue weighted by atomic mass is 9.62. The molecular formula is C62H126. The maximum Gasteiger partial charge on any atom is -0.0269 e. The highest BCUT2D eigenvalue weighted by Gasteiger charge is 2.36. The molecule has 0 aliphatic rings. The molecule has 0 aliphatic heterocycles. The quantitative estimate of drug-likeness (QED) is 0.0534. The molecule has 0 N–H and O–H groups in total. The number of hydrogen-bond donors (Lipinski definition) is 0. The van der Waals surface area contributed by atoms with Crippen LogP contribution in [0.5, 0.6) is 0 Å². The summed E-state index contributed by atoms with van der Waals surface area (Å²) in [6.07, 6.45) is 81.7. The molecule has 0 atom stereocenters. The predicted molar refractivity (Wildman–Crippen MR) is 288 cm³/mol. The second kappa shape index (κ2) is 53.6. The summed E-state index contributed by atoms with van der Waals surface area (Å²) >= 11 is 0. The van der Waals surface area contributed by atoms with E-state index >= 15 is 0 Å². The minimum Gasteiger partial charge on any atom is -0.0654 e. The normalized spacial score (nSPS) is 12.1. The van der Waals surface area contributed by atoms with Gasteiger partial charge in [0.1, 0.15) is 0 Å². The Balaban J connectivity index is 5.80. The van der Waals surface area contributed by atoms with Gasteiger partial charge in [-0.2, -0.15) is 0 Å². The summed E-state index contributed by atoms with van der Waals surface area (Å²) in [5.74, 6) is 0.987. The van der Waals surface area contributed by atoms with Crippen molar-refractivity contribution in [2.45, 2.75) is 388 Å². The van der Waals surface area contributed by atoms with Gasteiger partial charge in [0.05, 0.1) is 0 Å². The van der Waals surface area contributed by atoms with E-state index in [-0.39, 0.29) is 0 Å². The minimum absolute atomic E-state index is 0.624. The molecule has 0 aromatic rings. The maximum atomic E-state index is 2.35. The van der Waals surface area contributed by atoms with Crippen molar-refractivity contribution in [1.82, 2.24) is 0 Å². The predicted octanol–water partition coefficient (Wildman–Crippen LogP) is 24.1. The lowest BCUT2D eigenvalue weighted by Gasteiger charge is -2.43. The summed E-state index contributed by atoms with van der Waals surface area (Å²) in [6, 6.07) is 0. The zero-order valence-electron chi connectivity index (χ0n) is 45.0. The van der Waals surface area contributed by atoms with Crippen molar-refractivity contribution in [3.63, 3.8) is 0 Å². The van der Waals surface area contributed by atoms with Crippen LogP contribution >= 0.6 is 0 Å². The molecule has 0 aromatic heterocycles. The molecule has 0 heteroatoms. The first-order chi connectivity index (χ1) is 30.7. The maximum absolute atomic E-state index is 2.35. The highest BCUT2D eigenvalue weighted by atomic mass is 14.4. The third kappa shape index (κ3) is 43.9. The number of hydrogen-bond acceptors (Lipinski definition) is 0. The van der Waals surface area contributed by atoms with E-state index in [0.29, 0.717) is 5.41 Å². The molecule has 0 radical (unpaired) electrons. The summed E-state index contributed by atoms with van der Waals surface area (Å²) in [5.41, 5.74) is 0.624. The van der Waals surface area contributed by atoms with Gasteiger partial charge >= 0.3 is 0 Å². The summed E-state index contributed by atoms with van der Waals surface area (Å²) in [6.45, 7) is 11.8. The Morgan fingerprint density at radius 2 is 0.323 bits per heavy atom. The summed E-state index contributed by atoms with van der Waals surface area (Å²) < 4.78 is 0.